The van der Waals surface area contributed by atoms with Crippen LogP contribution in [0, 0.1) is 11.7 Å². The van der Waals surface area contributed by atoms with Crippen LogP contribution in [0.2, 0.25) is 0 Å². The normalized spacial score (nSPS) is 15.2. The Balaban J connectivity index is 1.40. The lowest BCUT2D eigenvalue weighted by Crippen LogP contribution is -2.40. The minimum absolute atomic E-state index is 0.231. The van der Waals surface area contributed by atoms with Crippen LogP contribution in [0.3, 0.4) is 0 Å². The maximum atomic E-state index is 12.9. The van der Waals surface area contributed by atoms with Crippen LogP contribution in [-0.4, -0.2) is 42.1 Å². The molecule has 1 saturated heterocycles. The molecule has 1 aliphatic rings. The van der Waals surface area contributed by atoms with E-state index in [0.29, 0.717) is 29.8 Å². The highest BCUT2D eigenvalue weighted by Crippen LogP contribution is 2.21. The van der Waals surface area contributed by atoms with Crippen molar-refractivity contribution >= 4 is 11.7 Å². The Hall–Kier alpha value is -2.67. The van der Waals surface area contributed by atoms with E-state index in [1.807, 2.05) is 0 Å². The second-order valence-electron chi connectivity index (χ2n) is 7.06. The van der Waals surface area contributed by atoms with Gasteiger partial charge in [-0.25, -0.2) is 14.2 Å². The number of ether oxygens (including phenoxy) is 1. The molecule has 0 atom stereocenters. The molecule has 2 heterocycles. The van der Waals surface area contributed by atoms with E-state index >= 15 is 0 Å². The molecule has 0 aliphatic carbocycles. The van der Waals surface area contributed by atoms with Crippen molar-refractivity contribution in [1.82, 2.24) is 15.2 Å². The fourth-order valence-corrected chi connectivity index (χ4v) is 3.28. The molecule has 1 fully saturated rings. The SMILES string of the molecule is CCCN1CCC(CNC(=O)Nc2ccc(Oc3ccc(F)cc3)nc2)CC1. The zero-order chi connectivity index (χ0) is 19.8. The summed E-state index contributed by atoms with van der Waals surface area (Å²) in [6, 6.07) is 8.85. The number of anilines is 1. The number of nitrogens with zero attached hydrogens (tertiary/aromatic N) is 2. The summed E-state index contributed by atoms with van der Waals surface area (Å²) in [7, 11) is 0. The number of hydrogen-bond acceptors (Lipinski definition) is 4. The van der Waals surface area contributed by atoms with E-state index in [2.05, 4.69) is 27.4 Å². The van der Waals surface area contributed by atoms with Crippen LogP contribution in [0.25, 0.3) is 0 Å². The van der Waals surface area contributed by atoms with Crippen molar-refractivity contribution < 1.29 is 13.9 Å². The highest BCUT2D eigenvalue weighted by Gasteiger charge is 2.19. The first-order chi connectivity index (χ1) is 13.6. The molecule has 0 radical (unpaired) electrons. The molecular weight excluding hydrogens is 359 g/mol. The number of urea groups is 1. The van der Waals surface area contributed by atoms with Crippen LogP contribution in [-0.2, 0) is 0 Å². The number of hydrogen-bond donors (Lipinski definition) is 2. The topological polar surface area (TPSA) is 66.5 Å². The van der Waals surface area contributed by atoms with Gasteiger partial charge in [0.2, 0.25) is 5.88 Å². The molecule has 2 aromatic rings. The maximum absolute atomic E-state index is 12.9. The Kier molecular flexibility index (Phi) is 7.19. The molecule has 1 aromatic heterocycles. The van der Waals surface area contributed by atoms with Crippen molar-refractivity contribution in [2.45, 2.75) is 26.2 Å². The van der Waals surface area contributed by atoms with E-state index in [9.17, 15) is 9.18 Å². The predicted molar refractivity (Wildman–Crippen MR) is 107 cm³/mol. The smallest absolute Gasteiger partial charge is 0.319 e. The highest BCUT2D eigenvalue weighted by molar-refractivity contribution is 5.89. The molecule has 2 N–H and O–H groups in total. The molecule has 0 saturated carbocycles. The highest BCUT2D eigenvalue weighted by atomic mass is 19.1. The standard InChI is InChI=1S/C21H27FN4O2/c1-2-11-26-12-9-16(10-13-26)14-24-21(27)25-18-5-8-20(23-15-18)28-19-6-3-17(22)4-7-19/h3-8,15-16H,2,9-14H2,1H3,(H2,24,25,27). The number of benzene rings is 1. The number of amides is 2. The lowest BCUT2D eigenvalue weighted by Gasteiger charge is -2.31. The molecule has 7 heteroatoms. The van der Waals surface area contributed by atoms with Gasteiger partial charge in [0.05, 0.1) is 11.9 Å². The zero-order valence-electron chi connectivity index (χ0n) is 16.2. The minimum atomic E-state index is -0.322. The number of nitrogens with one attached hydrogen (secondary N) is 2. The first-order valence-electron chi connectivity index (χ1n) is 9.79. The second-order valence-corrected chi connectivity index (χ2v) is 7.06. The first-order valence-corrected chi connectivity index (χ1v) is 9.79. The van der Waals surface area contributed by atoms with Crippen molar-refractivity contribution in [2.24, 2.45) is 5.92 Å². The second kappa shape index (κ2) is 10.0. The van der Waals surface area contributed by atoms with Gasteiger partial charge in [-0.2, -0.15) is 0 Å². The molecular formula is C21H27FN4O2. The molecule has 150 valence electrons. The summed E-state index contributed by atoms with van der Waals surface area (Å²) in [6.45, 7) is 6.27. The molecule has 28 heavy (non-hydrogen) atoms. The number of likely N-dealkylation sites (tertiary alicyclic amines) is 1. The molecule has 2 amide bonds. The fourth-order valence-electron chi connectivity index (χ4n) is 3.28. The number of piperidine rings is 1. The van der Waals surface area contributed by atoms with Gasteiger partial charge in [0, 0.05) is 12.6 Å². The minimum Gasteiger partial charge on any atom is -0.439 e. The summed E-state index contributed by atoms with van der Waals surface area (Å²) in [5.41, 5.74) is 0.585. The van der Waals surface area contributed by atoms with Gasteiger partial charge in [-0.3, -0.25) is 0 Å². The van der Waals surface area contributed by atoms with Crippen molar-refractivity contribution in [3.63, 3.8) is 0 Å². The van der Waals surface area contributed by atoms with Crippen LogP contribution in [0.5, 0.6) is 11.6 Å². The fraction of sp³-hybridized carbons (Fsp3) is 0.429. The Morgan fingerprint density at radius 3 is 2.61 bits per heavy atom. The third-order valence-corrected chi connectivity index (χ3v) is 4.83. The van der Waals surface area contributed by atoms with Crippen LogP contribution >= 0.6 is 0 Å². The Morgan fingerprint density at radius 2 is 1.96 bits per heavy atom. The van der Waals surface area contributed by atoms with Crippen molar-refractivity contribution in [1.29, 1.82) is 0 Å². The number of halogens is 1. The summed E-state index contributed by atoms with van der Waals surface area (Å²) in [5, 5.41) is 5.73. The largest absolute Gasteiger partial charge is 0.439 e. The van der Waals surface area contributed by atoms with Gasteiger partial charge >= 0.3 is 6.03 Å². The van der Waals surface area contributed by atoms with Crippen LogP contribution < -0.4 is 15.4 Å². The third-order valence-electron chi connectivity index (χ3n) is 4.83. The first kappa shape index (κ1) is 20.1. The van der Waals surface area contributed by atoms with Crippen molar-refractivity contribution in [2.75, 3.05) is 31.5 Å². The molecule has 0 spiro atoms. The summed E-state index contributed by atoms with van der Waals surface area (Å²) < 4.78 is 18.4. The van der Waals surface area contributed by atoms with Gasteiger partial charge in [0.1, 0.15) is 11.6 Å². The van der Waals surface area contributed by atoms with Crippen LogP contribution in [0.1, 0.15) is 26.2 Å². The molecule has 1 aromatic carbocycles. The van der Waals surface area contributed by atoms with Gasteiger partial charge < -0.3 is 20.3 Å². The van der Waals surface area contributed by atoms with Gasteiger partial charge in [-0.1, -0.05) is 6.92 Å². The summed E-state index contributed by atoms with van der Waals surface area (Å²) >= 11 is 0. The number of carbonyl (C=O) groups is 1. The zero-order valence-corrected chi connectivity index (χ0v) is 16.2. The predicted octanol–water partition coefficient (Wildman–Crippen LogP) is 4.26. The lowest BCUT2D eigenvalue weighted by molar-refractivity contribution is 0.182. The van der Waals surface area contributed by atoms with E-state index in [1.54, 1.807) is 12.1 Å². The molecule has 0 bridgehead atoms. The number of rotatable bonds is 7. The van der Waals surface area contributed by atoms with Crippen molar-refractivity contribution in [3.05, 3.63) is 48.4 Å². The maximum Gasteiger partial charge on any atom is 0.319 e. The Labute approximate surface area is 165 Å². The average Bonchev–Trinajstić information content (AvgIpc) is 2.71. The van der Waals surface area contributed by atoms with Gasteiger partial charge in [-0.05, 0) is 75.1 Å². The molecule has 6 nitrogen and oxygen atoms in total. The molecule has 0 unspecified atom stereocenters. The number of carbonyl (C=O) groups excluding carboxylic acids is 1. The Bertz CT molecular complexity index is 744. The quantitative estimate of drug-likeness (QED) is 0.746. The van der Waals surface area contributed by atoms with E-state index in [0.717, 1.165) is 32.5 Å². The van der Waals surface area contributed by atoms with Crippen molar-refractivity contribution in [3.8, 4) is 11.6 Å². The van der Waals surface area contributed by atoms with E-state index in [1.165, 1.54) is 36.9 Å². The number of aromatic nitrogens is 1. The van der Waals surface area contributed by atoms with E-state index in [-0.39, 0.29) is 11.8 Å². The molecule has 1 aliphatic heterocycles. The van der Waals surface area contributed by atoms with E-state index in [4.69, 9.17) is 4.74 Å². The lowest BCUT2D eigenvalue weighted by atomic mass is 9.97. The van der Waals surface area contributed by atoms with Gasteiger partial charge in [0.15, 0.2) is 0 Å². The van der Waals surface area contributed by atoms with E-state index < -0.39 is 0 Å². The molecule has 3 rings (SSSR count). The third kappa shape index (κ3) is 6.20. The van der Waals surface area contributed by atoms with Gasteiger partial charge in [0.25, 0.3) is 0 Å². The summed E-state index contributed by atoms with van der Waals surface area (Å²) in [6.07, 6.45) is 4.96. The summed E-state index contributed by atoms with van der Waals surface area (Å²) in [5.74, 6) is 1.08. The summed E-state index contributed by atoms with van der Waals surface area (Å²) in [4.78, 5) is 18.7. The van der Waals surface area contributed by atoms with Crippen LogP contribution in [0.4, 0.5) is 14.9 Å². The van der Waals surface area contributed by atoms with Gasteiger partial charge in [-0.15, -0.1) is 0 Å². The monoisotopic (exact) mass is 386 g/mol. The average molecular weight is 386 g/mol. The van der Waals surface area contributed by atoms with Crippen LogP contribution in [0.15, 0.2) is 42.6 Å². The number of pyridine rings is 1. The Morgan fingerprint density at radius 1 is 1.21 bits per heavy atom.